The van der Waals surface area contributed by atoms with E-state index in [1.54, 1.807) is 0 Å². The normalized spacial score (nSPS) is 11.8. The van der Waals surface area contributed by atoms with Gasteiger partial charge in [0.05, 0.1) is 15.5 Å². The monoisotopic (exact) mass is 332 g/mol. The fourth-order valence-electron chi connectivity index (χ4n) is 2.25. The van der Waals surface area contributed by atoms with E-state index >= 15 is 0 Å². The molecule has 0 heterocycles. The number of halogens is 1. The fourth-order valence-corrected chi connectivity index (χ4v) is 2.51. The van der Waals surface area contributed by atoms with Crippen LogP contribution in [0.25, 0.3) is 0 Å². The maximum atomic E-state index is 12.4. The number of benzene rings is 2. The molecule has 0 aromatic heterocycles. The molecule has 2 aromatic carbocycles. The van der Waals surface area contributed by atoms with Gasteiger partial charge in [0.2, 0.25) is 0 Å². The highest BCUT2D eigenvalue weighted by Crippen LogP contribution is 2.28. The van der Waals surface area contributed by atoms with Gasteiger partial charge >= 0.3 is 0 Å². The van der Waals surface area contributed by atoms with E-state index in [1.165, 1.54) is 18.2 Å². The van der Waals surface area contributed by atoms with E-state index in [-0.39, 0.29) is 22.2 Å². The first-order chi connectivity index (χ1) is 10.9. The van der Waals surface area contributed by atoms with Crippen LogP contribution in [0.1, 0.15) is 42.1 Å². The molecule has 0 aliphatic heterocycles. The first-order valence-electron chi connectivity index (χ1n) is 7.28. The second-order valence-corrected chi connectivity index (χ2v) is 5.68. The number of non-ortho nitro benzene ring substituents is 1. The summed E-state index contributed by atoms with van der Waals surface area (Å²) in [5, 5.41) is 13.6. The van der Waals surface area contributed by atoms with E-state index in [2.05, 4.69) is 19.2 Å². The van der Waals surface area contributed by atoms with E-state index in [0.29, 0.717) is 5.92 Å². The molecule has 2 rings (SSSR count). The number of amides is 1. The molecule has 0 unspecified atom stereocenters. The summed E-state index contributed by atoms with van der Waals surface area (Å²) < 4.78 is 0. The summed E-state index contributed by atoms with van der Waals surface area (Å²) in [5.74, 6) is -0.0838. The Balaban J connectivity index is 2.28. The first-order valence-corrected chi connectivity index (χ1v) is 7.66. The molecule has 0 aliphatic rings. The van der Waals surface area contributed by atoms with Crippen LogP contribution in [0.4, 0.5) is 11.4 Å². The smallest absolute Gasteiger partial charge is 0.270 e. The average molecular weight is 333 g/mol. The lowest BCUT2D eigenvalue weighted by molar-refractivity contribution is -0.384. The van der Waals surface area contributed by atoms with Gasteiger partial charge in [-0.2, -0.15) is 0 Å². The van der Waals surface area contributed by atoms with Crippen LogP contribution in [-0.2, 0) is 0 Å². The number of carbonyl (C=O) groups is 1. The molecule has 0 aliphatic carbocycles. The largest absolute Gasteiger partial charge is 0.322 e. The van der Waals surface area contributed by atoms with Crippen LogP contribution in [-0.4, -0.2) is 10.8 Å². The molecule has 0 bridgehead atoms. The molecule has 1 N–H and O–H groups in total. The zero-order valence-electron chi connectivity index (χ0n) is 12.9. The van der Waals surface area contributed by atoms with Crippen molar-refractivity contribution < 1.29 is 9.72 Å². The number of hydrogen-bond acceptors (Lipinski definition) is 3. The second-order valence-electron chi connectivity index (χ2n) is 5.27. The molecule has 23 heavy (non-hydrogen) atoms. The third-order valence-electron chi connectivity index (χ3n) is 3.76. The van der Waals surface area contributed by atoms with Crippen molar-refractivity contribution in [3.63, 3.8) is 0 Å². The number of nitrogens with one attached hydrogen (secondary N) is 1. The molecule has 0 spiro atoms. The number of nitro groups is 1. The van der Waals surface area contributed by atoms with Crippen LogP contribution in [0.5, 0.6) is 0 Å². The van der Waals surface area contributed by atoms with Gasteiger partial charge in [-0.1, -0.05) is 43.6 Å². The molecule has 1 amide bonds. The molecule has 120 valence electrons. The van der Waals surface area contributed by atoms with Crippen molar-refractivity contribution in [2.24, 2.45) is 0 Å². The minimum atomic E-state index is -0.550. The lowest BCUT2D eigenvalue weighted by atomic mass is 9.97. The maximum absolute atomic E-state index is 12.4. The van der Waals surface area contributed by atoms with Gasteiger partial charge in [0.15, 0.2) is 0 Å². The van der Waals surface area contributed by atoms with Crippen molar-refractivity contribution in [1.29, 1.82) is 0 Å². The quantitative estimate of drug-likeness (QED) is 0.617. The van der Waals surface area contributed by atoms with Crippen molar-refractivity contribution in [3.05, 3.63) is 68.7 Å². The number of rotatable bonds is 5. The Morgan fingerprint density at radius 2 is 2.00 bits per heavy atom. The van der Waals surface area contributed by atoms with Crippen LogP contribution in [0.3, 0.4) is 0 Å². The third-order valence-corrected chi connectivity index (χ3v) is 4.07. The SMILES string of the molecule is CC[C@H](C)c1ccccc1NC(=O)c1ccc([N+](=O)[O-])cc1Cl. The van der Waals surface area contributed by atoms with Gasteiger partial charge in [0, 0.05) is 17.8 Å². The molecule has 1 atom stereocenters. The molecule has 2 aromatic rings. The number of hydrogen-bond donors (Lipinski definition) is 1. The zero-order valence-corrected chi connectivity index (χ0v) is 13.6. The molecule has 0 fully saturated rings. The van der Waals surface area contributed by atoms with Gasteiger partial charge < -0.3 is 5.32 Å². The minimum Gasteiger partial charge on any atom is -0.322 e. The molecule has 0 radical (unpaired) electrons. The van der Waals surface area contributed by atoms with Crippen LogP contribution >= 0.6 is 11.6 Å². The molecular weight excluding hydrogens is 316 g/mol. The summed E-state index contributed by atoms with van der Waals surface area (Å²) in [5.41, 5.74) is 1.82. The Hall–Kier alpha value is -2.40. The molecular formula is C17H17ClN2O3. The minimum absolute atomic E-state index is 0.0534. The van der Waals surface area contributed by atoms with Gasteiger partial charge in [-0.15, -0.1) is 0 Å². The molecule has 0 saturated heterocycles. The predicted molar refractivity (Wildman–Crippen MR) is 91.2 cm³/mol. The summed E-state index contributed by atoms with van der Waals surface area (Å²) in [4.78, 5) is 22.6. The second kappa shape index (κ2) is 7.24. The predicted octanol–water partition coefficient (Wildman–Crippen LogP) is 5.01. The van der Waals surface area contributed by atoms with Gasteiger partial charge in [0.25, 0.3) is 11.6 Å². The van der Waals surface area contributed by atoms with Crippen LogP contribution in [0.15, 0.2) is 42.5 Å². The van der Waals surface area contributed by atoms with Crippen LogP contribution in [0.2, 0.25) is 5.02 Å². The van der Waals surface area contributed by atoms with Crippen LogP contribution in [0, 0.1) is 10.1 Å². The summed E-state index contributed by atoms with van der Waals surface area (Å²) in [6.45, 7) is 4.17. The van der Waals surface area contributed by atoms with Crippen molar-refractivity contribution >= 4 is 28.9 Å². The van der Waals surface area contributed by atoms with Gasteiger partial charge in [0.1, 0.15) is 0 Å². The van der Waals surface area contributed by atoms with E-state index in [0.717, 1.165) is 17.7 Å². The number of nitro benzene ring substituents is 1. The number of anilines is 1. The average Bonchev–Trinajstić information content (AvgIpc) is 2.54. The highest BCUT2D eigenvalue weighted by Gasteiger charge is 2.17. The maximum Gasteiger partial charge on any atom is 0.270 e. The number of nitrogens with zero attached hydrogens (tertiary/aromatic N) is 1. The highest BCUT2D eigenvalue weighted by atomic mass is 35.5. The summed E-state index contributed by atoms with van der Waals surface area (Å²) >= 11 is 6.00. The molecule has 5 nitrogen and oxygen atoms in total. The Bertz CT molecular complexity index is 746. The Morgan fingerprint density at radius 1 is 1.30 bits per heavy atom. The topological polar surface area (TPSA) is 72.2 Å². The van der Waals surface area contributed by atoms with E-state index in [4.69, 9.17) is 11.6 Å². The number of carbonyl (C=O) groups excluding carboxylic acids is 1. The van der Waals surface area contributed by atoms with Gasteiger partial charge in [-0.3, -0.25) is 14.9 Å². The summed E-state index contributed by atoms with van der Waals surface area (Å²) in [6, 6.07) is 11.4. The van der Waals surface area contributed by atoms with Crippen molar-refractivity contribution in [1.82, 2.24) is 0 Å². The van der Waals surface area contributed by atoms with Crippen molar-refractivity contribution in [2.75, 3.05) is 5.32 Å². The Morgan fingerprint density at radius 3 is 2.61 bits per heavy atom. The molecule has 0 saturated carbocycles. The summed E-state index contributed by atoms with van der Waals surface area (Å²) in [6.07, 6.45) is 0.950. The Labute approximate surface area is 139 Å². The van der Waals surface area contributed by atoms with E-state index in [1.807, 2.05) is 24.3 Å². The van der Waals surface area contributed by atoms with Gasteiger partial charge in [-0.25, -0.2) is 0 Å². The lowest BCUT2D eigenvalue weighted by Crippen LogP contribution is -2.14. The zero-order chi connectivity index (χ0) is 17.0. The van der Waals surface area contributed by atoms with Crippen molar-refractivity contribution in [2.45, 2.75) is 26.2 Å². The Kier molecular flexibility index (Phi) is 5.34. The van der Waals surface area contributed by atoms with E-state index < -0.39 is 4.92 Å². The first kappa shape index (κ1) is 17.0. The highest BCUT2D eigenvalue weighted by molar-refractivity contribution is 6.34. The standard InChI is InChI=1S/C17H17ClN2O3/c1-3-11(2)13-6-4-5-7-16(13)19-17(21)14-9-8-12(20(22)23)10-15(14)18/h4-11H,3H2,1-2H3,(H,19,21)/t11-/m0/s1. The lowest BCUT2D eigenvalue weighted by Gasteiger charge is -2.16. The number of para-hydroxylation sites is 1. The van der Waals surface area contributed by atoms with E-state index in [9.17, 15) is 14.9 Å². The van der Waals surface area contributed by atoms with Gasteiger partial charge in [-0.05, 0) is 30.0 Å². The fraction of sp³-hybridized carbons (Fsp3) is 0.235. The third kappa shape index (κ3) is 3.87. The van der Waals surface area contributed by atoms with Crippen LogP contribution < -0.4 is 5.32 Å². The molecule has 6 heteroatoms. The van der Waals surface area contributed by atoms with Crippen molar-refractivity contribution in [3.8, 4) is 0 Å². The summed E-state index contributed by atoms with van der Waals surface area (Å²) in [7, 11) is 0.